The number of carbonyl (C=O) groups excluding carboxylic acids is 4. The van der Waals surface area contributed by atoms with Crippen LogP contribution in [0.1, 0.15) is 76.4 Å². The highest BCUT2D eigenvalue weighted by molar-refractivity contribution is 6.31. The number of guanidine groups is 1. The number of aliphatic imine (C=N–C) groups is 1. The molecule has 9 N–H and O–H groups in total. The number of rotatable bonds is 3. The number of aliphatic hydroxyl groups is 1. The van der Waals surface area contributed by atoms with Gasteiger partial charge in [-0.05, 0) is 62.8 Å². The van der Waals surface area contributed by atoms with Crippen molar-refractivity contribution < 1.29 is 38.2 Å². The zero-order valence-corrected chi connectivity index (χ0v) is 30.4. The highest BCUT2D eigenvalue weighted by Gasteiger charge is 2.89. The molecule has 3 fully saturated rings. The largest absolute Gasteiger partial charge is 0.504 e. The average molecular weight is 747 g/mol. The Bertz CT molecular complexity index is 1940. The predicted molar refractivity (Wildman–Crippen MR) is 187 cm³/mol. The number of nitrogen functional groups attached to an aromatic ring is 2. The third kappa shape index (κ3) is 5.06. The van der Waals surface area contributed by atoms with E-state index in [1.165, 1.54) is 6.92 Å². The second kappa shape index (κ2) is 12.1. The van der Waals surface area contributed by atoms with E-state index >= 15 is 0 Å². The predicted octanol–water partition coefficient (Wildman–Crippen LogP) is 3.56. The summed E-state index contributed by atoms with van der Waals surface area (Å²) in [5, 5.41) is 11.4. The number of Topliss-reactive ketones (excluding diaryl/α,β-unsaturated/α-hetero) is 1. The summed E-state index contributed by atoms with van der Waals surface area (Å²) < 4.78 is 17.9. The molecule has 17 heteroatoms. The number of epoxide rings is 1. The second-order valence-electron chi connectivity index (χ2n) is 14.8. The van der Waals surface area contributed by atoms with Crippen LogP contribution in [0.3, 0.4) is 0 Å². The fourth-order valence-electron chi connectivity index (χ4n) is 9.99. The quantitative estimate of drug-likeness (QED) is 0.130. The Hall–Kier alpha value is -4.47. The fraction of sp³-hybridized carbons (Fsp3) is 0.500. The van der Waals surface area contributed by atoms with Crippen LogP contribution < -0.4 is 22.9 Å². The van der Waals surface area contributed by atoms with Gasteiger partial charge in [0, 0.05) is 23.7 Å². The van der Waals surface area contributed by atoms with E-state index < -0.39 is 62.9 Å². The fourth-order valence-corrected chi connectivity index (χ4v) is 10.1. The Kier molecular flexibility index (Phi) is 8.93. The molecule has 51 heavy (non-hydrogen) atoms. The Labute approximate surface area is 304 Å². The van der Waals surface area contributed by atoms with E-state index in [0.29, 0.717) is 18.4 Å². The minimum Gasteiger partial charge on any atom is -0.504 e. The monoisotopic (exact) mass is 745 g/mol. The van der Waals surface area contributed by atoms with Crippen molar-refractivity contribution in [2.75, 3.05) is 11.5 Å². The number of amides is 1. The molecule has 1 amide bonds. The number of hydrogen-bond acceptors (Lipinski definition) is 12. The highest BCUT2D eigenvalue weighted by atomic mass is 35.5. The molecule has 1 aliphatic heterocycles. The number of halogens is 2. The molecule has 1 saturated heterocycles. The molecule has 274 valence electrons. The number of allylic oxidation sites excluding steroid dienone is 4. The lowest BCUT2D eigenvalue weighted by molar-refractivity contribution is -0.200. The number of aromatic nitrogens is 2. The number of ketones is 2. The van der Waals surface area contributed by atoms with Gasteiger partial charge >= 0.3 is 11.9 Å². The number of furan rings is 1. The number of aliphatic hydroxyl groups excluding tert-OH is 1. The van der Waals surface area contributed by atoms with Crippen molar-refractivity contribution in [3.63, 3.8) is 0 Å². The van der Waals surface area contributed by atoms with Crippen LogP contribution in [0, 0.1) is 27.6 Å². The number of anilines is 2. The summed E-state index contributed by atoms with van der Waals surface area (Å²) in [4.78, 5) is 61.3. The number of carbonyl (C=O) groups is 4. The van der Waals surface area contributed by atoms with Gasteiger partial charge in [0.15, 0.2) is 40.0 Å². The van der Waals surface area contributed by atoms with Gasteiger partial charge in [-0.2, -0.15) is 4.99 Å². The molecule has 0 radical (unpaired) electrons. The molecule has 5 aliphatic rings. The van der Waals surface area contributed by atoms with E-state index in [9.17, 15) is 24.3 Å². The lowest BCUT2D eigenvalue weighted by atomic mass is 9.38. The van der Waals surface area contributed by atoms with E-state index in [1.807, 2.05) is 19.9 Å². The van der Waals surface area contributed by atoms with Crippen LogP contribution in [0.5, 0.6) is 0 Å². The van der Waals surface area contributed by atoms with E-state index in [2.05, 4.69) is 21.9 Å². The van der Waals surface area contributed by atoms with Crippen LogP contribution in [0.2, 0.25) is 5.15 Å². The molecule has 2 aromatic heterocycles. The molecule has 1 spiro atoms. The van der Waals surface area contributed by atoms with Gasteiger partial charge in [-0.25, -0.2) is 9.97 Å². The molecule has 15 nitrogen and oxygen atoms in total. The minimum atomic E-state index is -1.17. The van der Waals surface area contributed by atoms with E-state index in [0.717, 1.165) is 5.56 Å². The first-order chi connectivity index (χ1) is 23.2. The third-order valence-electron chi connectivity index (χ3n) is 11.7. The molecule has 4 aliphatic carbocycles. The van der Waals surface area contributed by atoms with Crippen LogP contribution in [0.15, 0.2) is 51.5 Å². The molecule has 2 aromatic rings. The summed E-state index contributed by atoms with van der Waals surface area (Å²) in [6.07, 6.45) is 7.17. The number of hydrogen-bond donors (Lipinski definition) is 5. The summed E-state index contributed by atoms with van der Waals surface area (Å²) in [6, 6.07) is 1.95. The molecule has 0 bridgehead atoms. The summed E-state index contributed by atoms with van der Waals surface area (Å²) >= 11 is 5.55. The van der Waals surface area contributed by atoms with Crippen molar-refractivity contribution in [1.29, 1.82) is 0 Å². The van der Waals surface area contributed by atoms with Gasteiger partial charge in [0.25, 0.3) is 0 Å². The lowest BCUT2D eigenvalue weighted by Gasteiger charge is -2.64. The maximum Gasteiger partial charge on any atom is 0.302 e. The van der Waals surface area contributed by atoms with Crippen LogP contribution in [-0.2, 0) is 23.9 Å². The standard InChI is InChI=1S/C28H32O7.C6H8ClN7O.ClH/c1-14(29)34-17-12-26(5)16(15-8-10-33-13-15)11-19-28(26,35-19)27(6)21(17)25(4)9-7-18(30)24(2,3)22(25)20(31)23(27)32;7-2-4(9)13-3(8)1(12-2)5(15)14-6(10)11;/h7-10,13,16-17,19,21,31H,11-12H2,1-6H3;(H4,8,9,13)(H4,10,11,14,15);1H. The third-order valence-corrected chi connectivity index (χ3v) is 12.0. The van der Waals surface area contributed by atoms with Gasteiger partial charge in [-0.1, -0.05) is 31.5 Å². The first kappa shape index (κ1) is 37.8. The molecule has 8 atom stereocenters. The zero-order valence-electron chi connectivity index (χ0n) is 28.9. The zero-order chi connectivity index (χ0) is 36.9. The Morgan fingerprint density at radius 1 is 1.10 bits per heavy atom. The summed E-state index contributed by atoms with van der Waals surface area (Å²) in [5.74, 6) is -3.34. The van der Waals surface area contributed by atoms with Crippen molar-refractivity contribution in [3.05, 3.63) is 58.5 Å². The molecule has 8 unspecified atom stereocenters. The average Bonchev–Trinajstić information content (AvgIpc) is 3.37. The highest BCUT2D eigenvalue weighted by Crippen LogP contribution is 2.81. The molecule has 7 rings (SSSR count). The van der Waals surface area contributed by atoms with Gasteiger partial charge < -0.3 is 41.9 Å². The molecule has 0 aromatic carbocycles. The normalized spacial score (nSPS) is 35.1. The SMILES string of the molecule is CC(=O)OC1CC2(C)C(c3ccoc3)CC3OC32C2(C)C(=O)C(O)=C3C(C)(C)C(=O)C=CC3(C)C12.Cl.NC(N)=NC(=O)c1nc(Cl)c(N)nc1N. The summed E-state index contributed by atoms with van der Waals surface area (Å²) in [6.45, 7) is 10.8. The maximum absolute atomic E-state index is 14.3. The first-order valence-electron chi connectivity index (χ1n) is 16.0. The van der Waals surface area contributed by atoms with E-state index in [-0.39, 0.29) is 58.5 Å². The van der Waals surface area contributed by atoms with Crippen LogP contribution in [-0.4, -0.2) is 62.3 Å². The molecular weight excluding hydrogens is 705 g/mol. The Balaban J connectivity index is 0.000000267. The number of nitrogens with zero attached hydrogens (tertiary/aromatic N) is 3. The molecule has 3 heterocycles. The van der Waals surface area contributed by atoms with Gasteiger partial charge in [0.05, 0.1) is 29.5 Å². The van der Waals surface area contributed by atoms with Gasteiger partial charge in [-0.15, -0.1) is 12.4 Å². The van der Waals surface area contributed by atoms with E-state index in [4.69, 9.17) is 48.4 Å². The minimum absolute atomic E-state index is 0. The topological polar surface area (TPSA) is 266 Å². The first-order valence-corrected chi connectivity index (χ1v) is 16.4. The van der Waals surface area contributed by atoms with Gasteiger partial charge in [-0.3, -0.25) is 19.2 Å². The van der Waals surface area contributed by atoms with Crippen LogP contribution in [0.4, 0.5) is 11.6 Å². The number of nitrogens with two attached hydrogens (primary N) is 4. The molecule has 2 saturated carbocycles. The summed E-state index contributed by atoms with van der Waals surface area (Å²) in [7, 11) is 0. The smallest absolute Gasteiger partial charge is 0.302 e. The lowest BCUT2D eigenvalue weighted by Crippen LogP contribution is -2.70. The Morgan fingerprint density at radius 2 is 1.76 bits per heavy atom. The summed E-state index contributed by atoms with van der Waals surface area (Å²) in [5.41, 5.74) is 17.4. The Morgan fingerprint density at radius 3 is 2.35 bits per heavy atom. The van der Waals surface area contributed by atoms with E-state index in [1.54, 1.807) is 38.5 Å². The van der Waals surface area contributed by atoms with Crippen molar-refractivity contribution in [3.8, 4) is 0 Å². The number of esters is 1. The molecular formula is C34H41Cl2N7O8. The van der Waals surface area contributed by atoms with Crippen LogP contribution in [0.25, 0.3) is 0 Å². The van der Waals surface area contributed by atoms with Gasteiger partial charge in [0.1, 0.15) is 11.7 Å². The van der Waals surface area contributed by atoms with Crippen LogP contribution >= 0.6 is 24.0 Å². The van der Waals surface area contributed by atoms with Crippen molar-refractivity contribution in [2.24, 2.45) is 44.0 Å². The maximum atomic E-state index is 14.3. The van der Waals surface area contributed by atoms with Crippen molar-refractivity contribution in [2.45, 2.75) is 78.1 Å². The van der Waals surface area contributed by atoms with Crippen molar-refractivity contribution >= 4 is 65.0 Å². The van der Waals surface area contributed by atoms with Crippen molar-refractivity contribution in [1.82, 2.24) is 9.97 Å². The number of fused-ring (bicyclic) bond motifs is 3. The second-order valence-corrected chi connectivity index (χ2v) is 15.1. The number of ether oxygens (including phenoxy) is 2. The van der Waals surface area contributed by atoms with Gasteiger partial charge in [0.2, 0.25) is 5.78 Å².